The summed E-state index contributed by atoms with van der Waals surface area (Å²) in [6.07, 6.45) is 2.77. The summed E-state index contributed by atoms with van der Waals surface area (Å²) in [4.78, 5) is 17.4. The van der Waals surface area contributed by atoms with E-state index in [-0.39, 0.29) is 12.2 Å². The molecular formula is C21H25FN2O3. The molecule has 1 aliphatic heterocycles. The van der Waals surface area contributed by atoms with E-state index in [0.717, 1.165) is 29.7 Å². The standard InChI is InChI=1S/C21H25FN2O3/c1-21(2,3)27-20(25)24-12-9-18(10-13-24)26-17-6-4-15(5-7-17)16-8-11-23-19(22)14-16/h4-8,11,14,18H,9-10,12-13H2,1-3H3. The van der Waals surface area contributed by atoms with Crippen LogP contribution in [0.4, 0.5) is 9.18 Å². The second-order valence-electron chi connectivity index (χ2n) is 7.68. The lowest BCUT2D eigenvalue weighted by Gasteiger charge is -2.33. The van der Waals surface area contributed by atoms with Crippen molar-refractivity contribution in [2.75, 3.05) is 13.1 Å². The number of amides is 1. The van der Waals surface area contributed by atoms with E-state index in [1.54, 1.807) is 11.0 Å². The second kappa shape index (κ2) is 7.94. The van der Waals surface area contributed by atoms with Crippen molar-refractivity contribution in [3.05, 3.63) is 48.5 Å². The van der Waals surface area contributed by atoms with Gasteiger partial charge in [0.25, 0.3) is 0 Å². The minimum atomic E-state index is -0.496. The van der Waals surface area contributed by atoms with Crippen molar-refractivity contribution in [2.24, 2.45) is 0 Å². The van der Waals surface area contributed by atoms with Gasteiger partial charge in [0.1, 0.15) is 17.5 Å². The van der Waals surface area contributed by atoms with Crippen LogP contribution in [0.2, 0.25) is 0 Å². The van der Waals surface area contributed by atoms with E-state index in [2.05, 4.69) is 4.98 Å². The molecule has 6 heteroatoms. The van der Waals surface area contributed by atoms with Crippen molar-refractivity contribution < 1.29 is 18.7 Å². The molecule has 1 saturated heterocycles. The molecule has 0 N–H and O–H groups in total. The molecule has 0 atom stereocenters. The Hall–Kier alpha value is -2.63. The van der Waals surface area contributed by atoms with Crippen LogP contribution in [0.3, 0.4) is 0 Å². The quantitative estimate of drug-likeness (QED) is 0.735. The first-order valence-corrected chi connectivity index (χ1v) is 9.17. The lowest BCUT2D eigenvalue weighted by Crippen LogP contribution is -2.44. The molecule has 0 unspecified atom stereocenters. The molecule has 1 aliphatic rings. The molecule has 0 aliphatic carbocycles. The summed E-state index contributed by atoms with van der Waals surface area (Å²) < 4.78 is 24.7. The van der Waals surface area contributed by atoms with Crippen LogP contribution in [0.1, 0.15) is 33.6 Å². The van der Waals surface area contributed by atoms with Crippen LogP contribution in [0.15, 0.2) is 42.6 Å². The van der Waals surface area contributed by atoms with Crippen molar-refractivity contribution in [3.8, 4) is 16.9 Å². The molecule has 27 heavy (non-hydrogen) atoms. The van der Waals surface area contributed by atoms with E-state index < -0.39 is 11.5 Å². The zero-order valence-corrected chi connectivity index (χ0v) is 15.9. The van der Waals surface area contributed by atoms with Crippen molar-refractivity contribution in [2.45, 2.75) is 45.3 Å². The van der Waals surface area contributed by atoms with Gasteiger partial charge in [-0.3, -0.25) is 0 Å². The summed E-state index contributed by atoms with van der Waals surface area (Å²) in [5.74, 6) is 0.272. The maximum Gasteiger partial charge on any atom is 0.410 e. The third kappa shape index (κ3) is 5.42. The first kappa shape index (κ1) is 19.1. The topological polar surface area (TPSA) is 51.7 Å². The van der Waals surface area contributed by atoms with Gasteiger partial charge in [0.15, 0.2) is 0 Å². The maximum absolute atomic E-state index is 13.2. The van der Waals surface area contributed by atoms with Crippen molar-refractivity contribution in [1.82, 2.24) is 9.88 Å². The van der Waals surface area contributed by atoms with Crippen molar-refractivity contribution in [3.63, 3.8) is 0 Å². The van der Waals surface area contributed by atoms with Crippen LogP contribution in [0, 0.1) is 5.95 Å². The van der Waals surface area contributed by atoms with Crippen LogP contribution in [0.5, 0.6) is 5.75 Å². The van der Waals surface area contributed by atoms with Crippen molar-refractivity contribution in [1.29, 1.82) is 0 Å². The minimum Gasteiger partial charge on any atom is -0.490 e. The number of hydrogen-bond acceptors (Lipinski definition) is 4. The maximum atomic E-state index is 13.2. The van der Waals surface area contributed by atoms with E-state index in [0.29, 0.717) is 13.1 Å². The van der Waals surface area contributed by atoms with E-state index in [4.69, 9.17) is 9.47 Å². The second-order valence-corrected chi connectivity index (χ2v) is 7.68. The first-order chi connectivity index (χ1) is 12.8. The average Bonchev–Trinajstić information content (AvgIpc) is 2.61. The highest BCUT2D eigenvalue weighted by atomic mass is 19.1. The molecule has 2 heterocycles. The van der Waals surface area contributed by atoms with Gasteiger partial charge in [-0.15, -0.1) is 0 Å². The number of aromatic nitrogens is 1. The Morgan fingerprint density at radius 1 is 1.11 bits per heavy atom. The Morgan fingerprint density at radius 2 is 1.78 bits per heavy atom. The molecule has 1 aromatic carbocycles. The first-order valence-electron chi connectivity index (χ1n) is 9.17. The van der Waals surface area contributed by atoms with Gasteiger partial charge in [-0.2, -0.15) is 4.39 Å². The van der Waals surface area contributed by atoms with Crippen LogP contribution < -0.4 is 4.74 Å². The average molecular weight is 372 g/mol. The van der Waals surface area contributed by atoms with Crippen LogP contribution in [-0.4, -0.2) is 40.8 Å². The predicted molar refractivity (Wildman–Crippen MR) is 101 cm³/mol. The SMILES string of the molecule is CC(C)(C)OC(=O)N1CCC(Oc2ccc(-c3ccnc(F)c3)cc2)CC1. The van der Waals surface area contributed by atoms with E-state index in [1.165, 1.54) is 12.3 Å². The van der Waals surface area contributed by atoms with E-state index in [1.807, 2.05) is 45.0 Å². The Kier molecular flexibility index (Phi) is 5.63. The van der Waals surface area contributed by atoms with Crippen LogP contribution in [0.25, 0.3) is 11.1 Å². The summed E-state index contributed by atoms with van der Waals surface area (Å²) >= 11 is 0. The van der Waals surface area contributed by atoms with Gasteiger partial charge in [0.05, 0.1) is 0 Å². The van der Waals surface area contributed by atoms with Gasteiger partial charge in [0, 0.05) is 38.2 Å². The molecule has 144 valence electrons. The molecule has 3 rings (SSSR count). The van der Waals surface area contributed by atoms with Gasteiger partial charge in [-0.1, -0.05) is 12.1 Å². The zero-order chi connectivity index (χ0) is 19.4. The number of hydrogen-bond donors (Lipinski definition) is 0. The fraction of sp³-hybridized carbons (Fsp3) is 0.429. The van der Waals surface area contributed by atoms with Crippen LogP contribution in [-0.2, 0) is 4.74 Å². The lowest BCUT2D eigenvalue weighted by atomic mass is 10.1. The van der Waals surface area contributed by atoms with Gasteiger partial charge in [-0.25, -0.2) is 9.78 Å². The molecule has 0 bridgehead atoms. The number of rotatable bonds is 3. The Balaban J connectivity index is 1.53. The van der Waals surface area contributed by atoms with E-state index >= 15 is 0 Å². The largest absolute Gasteiger partial charge is 0.490 e. The molecule has 1 aromatic heterocycles. The normalized spacial score (nSPS) is 15.5. The Labute approximate surface area is 159 Å². The number of benzene rings is 1. The number of likely N-dealkylation sites (tertiary alicyclic amines) is 1. The van der Waals surface area contributed by atoms with Gasteiger partial charge < -0.3 is 14.4 Å². The summed E-state index contributed by atoms with van der Waals surface area (Å²) in [7, 11) is 0. The summed E-state index contributed by atoms with van der Waals surface area (Å²) in [5.41, 5.74) is 1.20. The van der Waals surface area contributed by atoms with Gasteiger partial charge >= 0.3 is 6.09 Å². The van der Waals surface area contributed by atoms with Gasteiger partial charge in [0.2, 0.25) is 5.95 Å². The number of pyridine rings is 1. The number of ether oxygens (including phenoxy) is 2. The lowest BCUT2D eigenvalue weighted by molar-refractivity contribution is 0.0126. The highest BCUT2D eigenvalue weighted by molar-refractivity contribution is 5.68. The molecular weight excluding hydrogens is 347 g/mol. The zero-order valence-electron chi connectivity index (χ0n) is 15.9. The summed E-state index contributed by atoms with van der Waals surface area (Å²) in [5, 5.41) is 0. The smallest absolute Gasteiger partial charge is 0.410 e. The number of halogens is 1. The number of carbonyl (C=O) groups excluding carboxylic acids is 1. The molecule has 5 nitrogen and oxygen atoms in total. The number of piperidine rings is 1. The fourth-order valence-electron chi connectivity index (χ4n) is 2.98. The van der Waals surface area contributed by atoms with E-state index in [9.17, 15) is 9.18 Å². The minimum absolute atomic E-state index is 0.0629. The number of carbonyl (C=O) groups is 1. The summed E-state index contributed by atoms with van der Waals surface area (Å²) in [6.45, 7) is 6.84. The predicted octanol–water partition coefficient (Wildman–Crippen LogP) is 4.67. The molecule has 2 aromatic rings. The monoisotopic (exact) mass is 372 g/mol. The molecule has 0 saturated carbocycles. The highest BCUT2D eigenvalue weighted by Gasteiger charge is 2.27. The molecule has 1 amide bonds. The Bertz CT molecular complexity index is 779. The molecule has 0 radical (unpaired) electrons. The third-order valence-corrected chi connectivity index (χ3v) is 4.31. The van der Waals surface area contributed by atoms with Crippen LogP contribution >= 0.6 is 0 Å². The third-order valence-electron chi connectivity index (χ3n) is 4.31. The molecule has 1 fully saturated rings. The fourth-order valence-corrected chi connectivity index (χ4v) is 2.98. The number of nitrogens with zero attached hydrogens (tertiary/aromatic N) is 2. The molecule has 0 spiro atoms. The van der Waals surface area contributed by atoms with Crippen molar-refractivity contribution >= 4 is 6.09 Å². The highest BCUT2D eigenvalue weighted by Crippen LogP contribution is 2.25. The Morgan fingerprint density at radius 3 is 2.37 bits per heavy atom. The van der Waals surface area contributed by atoms with Gasteiger partial charge in [-0.05, 0) is 50.1 Å². The summed E-state index contributed by atoms with van der Waals surface area (Å²) in [6, 6.07) is 10.7.